The molecule has 1 saturated heterocycles. The van der Waals surface area contributed by atoms with Crippen LogP contribution in [0.4, 0.5) is 0 Å². The van der Waals surface area contributed by atoms with Crippen molar-refractivity contribution < 1.29 is 9.90 Å². The number of likely N-dealkylation sites (tertiary alicyclic amines) is 1. The van der Waals surface area contributed by atoms with E-state index in [4.69, 9.17) is 6.42 Å². The normalized spacial score (nSPS) is 27.4. The van der Waals surface area contributed by atoms with E-state index < -0.39 is 17.2 Å². The van der Waals surface area contributed by atoms with Gasteiger partial charge in [0.15, 0.2) is 0 Å². The Bertz CT molecular complexity index is 481. The molecule has 2 N–H and O–H groups in total. The van der Waals surface area contributed by atoms with Crippen LogP contribution in [0.3, 0.4) is 0 Å². The fraction of sp³-hybridized carbons (Fsp3) is 0.765. The first kappa shape index (κ1) is 16.8. The van der Waals surface area contributed by atoms with E-state index in [2.05, 4.69) is 17.3 Å². The summed E-state index contributed by atoms with van der Waals surface area (Å²) in [5.74, 6) is 2.45. The Hall–Kier alpha value is -1.56. The topological polar surface area (TPSA) is 76.4 Å². The second kappa shape index (κ2) is 6.28. The summed E-state index contributed by atoms with van der Waals surface area (Å²) in [4.78, 5) is 14.1. The second-order valence-corrected chi connectivity index (χ2v) is 6.91. The van der Waals surface area contributed by atoms with Crippen LogP contribution < -0.4 is 5.32 Å². The first-order valence-electron chi connectivity index (χ1n) is 7.99. The number of amides is 1. The van der Waals surface area contributed by atoms with Gasteiger partial charge in [-0.1, -0.05) is 18.8 Å². The summed E-state index contributed by atoms with van der Waals surface area (Å²) >= 11 is 0. The third-order valence-corrected chi connectivity index (χ3v) is 5.22. The molecule has 120 valence electrons. The smallest absolute Gasteiger partial charge is 0.238 e. The van der Waals surface area contributed by atoms with E-state index >= 15 is 0 Å². The number of terminal acetylenes is 1. The highest BCUT2D eigenvalue weighted by Gasteiger charge is 2.46. The summed E-state index contributed by atoms with van der Waals surface area (Å²) in [7, 11) is 0. The maximum absolute atomic E-state index is 12.5. The highest BCUT2D eigenvalue weighted by atomic mass is 16.3. The zero-order valence-corrected chi connectivity index (χ0v) is 13.4. The minimum atomic E-state index is -0.894. The van der Waals surface area contributed by atoms with Gasteiger partial charge in [0.1, 0.15) is 6.04 Å². The molecule has 2 fully saturated rings. The molecule has 1 aliphatic carbocycles. The van der Waals surface area contributed by atoms with Crippen molar-refractivity contribution in [3.05, 3.63) is 0 Å². The van der Waals surface area contributed by atoms with Crippen LogP contribution in [0.25, 0.3) is 0 Å². The first-order valence-corrected chi connectivity index (χ1v) is 7.99. The van der Waals surface area contributed by atoms with Crippen LogP contribution in [0, 0.1) is 23.7 Å². The number of hydrogen-bond donors (Lipinski definition) is 2. The van der Waals surface area contributed by atoms with E-state index in [1.807, 2.05) is 0 Å². The average molecular weight is 303 g/mol. The third-order valence-electron chi connectivity index (χ3n) is 5.22. The number of carbonyl (C=O) groups excluding carboxylic acids is 1. The molecule has 1 aliphatic heterocycles. The van der Waals surface area contributed by atoms with Crippen molar-refractivity contribution in [2.75, 3.05) is 6.54 Å². The predicted octanol–water partition coefficient (Wildman–Crippen LogP) is 1.18. The van der Waals surface area contributed by atoms with Gasteiger partial charge in [-0.2, -0.15) is 5.26 Å². The summed E-state index contributed by atoms with van der Waals surface area (Å²) in [5.41, 5.74) is -1.33. The predicted molar refractivity (Wildman–Crippen MR) is 83.6 cm³/mol. The zero-order chi connectivity index (χ0) is 16.4. The minimum absolute atomic E-state index is 0.111. The van der Waals surface area contributed by atoms with Crippen LogP contribution in [0.2, 0.25) is 0 Å². The SMILES string of the molecule is C#C[C@H]1CC[C@@H](C#N)N1C(=O)CNC1(C(C)(C)O)CCCC1. The lowest BCUT2D eigenvalue weighted by Gasteiger charge is -2.41. The van der Waals surface area contributed by atoms with Gasteiger partial charge >= 0.3 is 0 Å². The van der Waals surface area contributed by atoms with Crippen LogP contribution in [-0.2, 0) is 4.79 Å². The molecule has 2 atom stereocenters. The van der Waals surface area contributed by atoms with Gasteiger partial charge in [-0.05, 0) is 39.5 Å². The largest absolute Gasteiger partial charge is 0.389 e. The van der Waals surface area contributed by atoms with Crippen LogP contribution in [0.15, 0.2) is 0 Å². The van der Waals surface area contributed by atoms with Gasteiger partial charge in [0, 0.05) is 5.54 Å². The number of nitrogens with one attached hydrogen (secondary N) is 1. The Morgan fingerprint density at radius 1 is 1.41 bits per heavy atom. The number of aliphatic hydroxyl groups is 1. The summed E-state index contributed by atoms with van der Waals surface area (Å²) in [6.07, 6.45) is 10.6. The molecule has 0 bridgehead atoms. The molecule has 5 heteroatoms. The van der Waals surface area contributed by atoms with Crippen molar-refractivity contribution in [2.45, 2.75) is 75.6 Å². The fourth-order valence-corrected chi connectivity index (χ4v) is 3.77. The molecule has 0 aromatic heterocycles. The molecule has 0 radical (unpaired) electrons. The molecular formula is C17H25N3O2. The molecule has 0 aromatic carbocycles. The Morgan fingerprint density at radius 3 is 2.50 bits per heavy atom. The first-order chi connectivity index (χ1) is 10.3. The number of nitrogens with zero attached hydrogens (tertiary/aromatic N) is 2. The monoisotopic (exact) mass is 303 g/mol. The van der Waals surface area contributed by atoms with Gasteiger partial charge in [-0.25, -0.2) is 0 Å². The van der Waals surface area contributed by atoms with Crippen LogP contribution >= 0.6 is 0 Å². The maximum atomic E-state index is 12.5. The standard InChI is InChI=1S/C17H25N3O2/c1-4-13-7-8-14(11-18)20(13)15(21)12-19-17(16(2,3)22)9-5-6-10-17/h1,13-14,19,22H,5-10,12H2,2-3H3/t13-,14-/m0/s1. The number of nitriles is 1. The Labute approximate surface area is 132 Å². The summed E-state index contributed by atoms with van der Waals surface area (Å²) < 4.78 is 0. The molecule has 2 rings (SSSR count). The lowest BCUT2D eigenvalue weighted by atomic mass is 9.80. The van der Waals surface area contributed by atoms with Crippen molar-refractivity contribution in [2.24, 2.45) is 0 Å². The van der Waals surface area contributed by atoms with E-state index in [0.717, 1.165) is 25.7 Å². The van der Waals surface area contributed by atoms with Crippen molar-refractivity contribution in [1.29, 1.82) is 5.26 Å². The van der Waals surface area contributed by atoms with E-state index in [-0.39, 0.29) is 18.5 Å². The number of rotatable bonds is 4. The van der Waals surface area contributed by atoms with E-state index in [0.29, 0.717) is 12.8 Å². The molecule has 0 unspecified atom stereocenters. The molecule has 2 aliphatic rings. The summed E-state index contributed by atoms with van der Waals surface area (Å²) in [5, 5.41) is 22.9. The van der Waals surface area contributed by atoms with E-state index in [1.54, 1.807) is 13.8 Å². The molecule has 1 saturated carbocycles. The summed E-state index contributed by atoms with van der Waals surface area (Å²) in [6, 6.07) is 1.43. The molecule has 5 nitrogen and oxygen atoms in total. The van der Waals surface area contributed by atoms with Gasteiger partial charge in [0.25, 0.3) is 0 Å². The van der Waals surface area contributed by atoms with E-state index in [9.17, 15) is 15.2 Å². The minimum Gasteiger partial charge on any atom is -0.389 e. The van der Waals surface area contributed by atoms with Gasteiger partial charge in [-0.3, -0.25) is 4.79 Å². The van der Waals surface area contributed by atoms with Crippen molar-refractivity contribution in [3.8, 4) is 18.4 Å². The van der Waals surface area contributed by atoms with Gasteiger partial charge in [0.05, 0.1) is 24.3 Å². The molecule has 0 aromatic rings. The van der Waals surface area contributed by atoms with Crippen LogP contribution in [-0.4, -0.2) is 45.7 Å². The van der Waals surface area contributed by atoms with Gasteiger partial charge in [-0.15, -0.1) is 6.42 Å². The number of hydrogen-bond acceptors (Lipinski definition) is 4. The van der Waals surface area contributed by atoms with Gasteiger partial charge in [0.2, 0.25) is 5.91 Å². The van der Waals surface area contributed by atoms with Crippen molar-refractivity contribution in [1.82, 2.24) is 10.2 Å². The number of carbonyl (C=O) groups is 1. The van der Waals surface area contributed by atoms with Crippen LogP contribution in [0.5, 0.6) is 0 Å². The van der Waals surface area contributed by atoms with Crippen LogP contribution in [0.1, 0.15) is 52.4 Å². The molecule has 1 heterocycles. The molecular weight excluding hydrogens is 278 g/mol. The fourth-order valence-electron chi connectivity index (χ4n) is 3.77. The highest BCUT2D eigenvalue weighted by molar-refractivity contribution is 5.80. The molecule has 0 spiro atoms. The highest BCUT2D eigenvalue weighted by Crippen LogP contribution is 2.38. The average Bonchev–Trinajstić information content (AvgIpc) is 3.10. The lowest BCUT2D eigenvalue weighted by molar-refractivity contribution is -0.132. The van der Waals surface area contributed by atoms with Crippen molar-refractivity contribution >= 4 is 5.91 Å². The molecule has 1 amide bonds. The molecule has 22 heavy (non-hydrogen) atoms. The summed E-state index contributed by atoms with van der Waals surface area (Å²) in [6.45, 7) is 3.68. The Morgan fingerprint density at radius 2 is 2.00 bits per heavy atom. The van der Waals surface area contributed by atoms with Gasteiger partial charge < -0.3 is 15.3 Å². The Balaban J connectivity index is 2.06. The van der Waals surface area contributed by atoms with Crippen molar-refractivity contribution in [3.63, 3.8) is 0 Å². The Kier molecular flexibility index (Phi) is 4.80. The third kappa shape index (κ3) is 2.97. The zero-order valence-electron chi connectivity index (χ0n) is 13.4. The van der Waals surface area contributed by atoms with E-state index in [1.165, 1.54) is 4.90 Å². The maximum Gasteiger partial charge on any atom is 0.238 e. The second-order valence-electron chi connectivity index (χ2n) is 6.91. The lowest BCUT2D eigenvalue weighted by Crippen LogP contribution is -2.60. The quantitative estimate of drug-likeness (QED) is 0.765.